The van der Waals surface area contributed by atoms with Crippen molar-refractivity contribution in [1.29, 1.82) is 5.26 Å². The molecule has 2 saturated carbocycles. The molecule has 0 unspecified atom stereocenters. The van der Waals surface area contributed by atoms with Gasteiger partial charge in [-0.25, -0.2) is 0 Å². The maximum atomic E-state index is 13.2. The highest BCUT2D eigenvalue weighted by molar-refractivity contribution is 9.10. The topological polar surface area (TPSA) is 47.3 Å². The van der Waals surface area contributed by atoms with Crippen LogP contribution in [0.5, 0.6) is 0 Å². The number of hydrogen-bond donors (Lipinski definition) is 0. The van der Waals surface area contributed by atoms with E-state index < -0.39 is 0 Å². The molecule has 2 heterocycles. The van der Waals surface area contributed by atoms with Gasteiger partial charge >= 0.3 is 0 Å². The Kier molecular flexibility index (Phi) is 3.37. The zero-order valence-electron chi connectivity index (χ0n) is 14.3. The molecular formula is C20H22BrN3O. The van der Waals surface area contributed by atoms with Crippen molar-refractivity contribution in [3.8, 4) is 6.07 Å². The van der Waals surface area contributed by atoms with Gasteiger partial charge in [0.2, 0.25) is 5.91 Å². The summed E-state index contributed by atoms with van der Waals surface area (Å²) in [6.07, 6.45) is 7.17. The van der Waals surface area contributed by atoms with Gasteiger partial charge in [0.15, 0.2) is 0 Å². The summed E-state index contributed by atoms with van der Waals surface area (Å²) in [5, 5.41) is 9.87. The fourth-order valence-corrected chi connectivity index (χ4v) is 5.53. The SMILES string of the molecule is N#CC1(N2CCCCC2)CC(N2C(=O)C3(CC3)c3ccc(Br)cc32)C1. The van der Waals surface area contributed by atoms with E-state index in [9.17, 15) is 10.1 Å². The van der Waals surface area contributed by atoms with E-state index in [1.807, 2.05) is 11.0 Å². The van der Waals surface area contributed by atoms with Crippen LogP contribution in [0.4, 0.5) is 5.69 Å². The first-order valence-corrected chi connectivity index (χ1v) is 10.2. The van der Waals surface area contributed by atoms with Crippen molar-refractivity contribution in [2.24, 2.45) is 0 Å². The predicted molar refractivity (Wildman–Crippen MR) is 99.3 cm³/mol. The number of benzene rings is 1. The Morgan fingerprint density at radius 1 is 1.16 bits per heavy atom. The lowest BCUT2D eigenvalue weighted by atomic mass is 9.70. The molecule has 5 heteroatoms. The number of carbonyl (C=O) groups excluding carboxylic acids is 1. The Bertz CT molecular complexity index is 783. The highest BCUT2D eigenvalue weighted by Gasteiger charge is 2.63. The van der Waals surface area contributed by atoms with Crippen molar-refractivity contribution in [2.45, 2.75) is 61.9 Å². The average Bonchev–Trinajstić information content (AvgIpc) is 3.36. The minimum Gasteiger partial charge on any atom is -0.308 e. The first-order chi connectivity index (χ1) is 12.1. The number of amides is 1. The molecular weight excluding hydrogens is 378 g/mol. The van der Waals surface area contributed by atoms with Crippen LogP contribution in [0.2, 0.25) is 0 Å². The summed E-state index contributed by atoms with van der Waals surface area (Å²) in [5.41, 5.74) is 1.68. The largest absolute Gasteiger partial charge is 0.308 e. The number of rotatable bonds is 2. The zero-order chi connectivity index (χ0) is 17.2. The van der Waals surface area contributed by atoms with E-state index in [4.69, 9.17) is 0 Å². The molecule has 0 N–H and O–H groups in total. The highest BCUT2D eigenvalue weighted by Crippen LogP contribution is 2.60. The number of fused-ring (bicyclic) bond motifs is 2. The van der Waals surface area contributed by atoms with Crippen LogP contribution in [0.3, 0.4) is 0 Å². The third-order valence-corrected chi connectivity index (χ3v) is 7.29. The molecule has 130 valence electrons. The summed E-state index contributed by atoms with van der Waals surface area (Å²) in [7, 11) is 0. The summed E-state index contributed by atoms with van der Waals surface area (Å²) in [6.45, 7) is 2.06. The minimum atomic E-state index is -0.350. The molecule has 4 nitrogen and oxygen atoms in total. The van der Waals surface area contributed by atoms with E-state index in [1.54, 1.807) is 0 Å². The van der Waals surface area contributed by atoms with E-state index in [-0.39, 0.29) is 22.9 Å². The fourth-order valence-electron chi connectivity index (χ4n) is 5.18. The van der Waals surface area contributed by atoms with E-state index in [1.165, 1.54) is 24.8 Å². The molecule has 0 bridgehead atoms. The van der Waals surface area contributed by atoms with E-state index >= 15 is 0 Å². The van der Waals surface area contributed by atoms with Gasteiger partial charge in [0.1, 0.15) is 5.54 Å². The molecule has 2 aliphatic heterocycles. The molecule has 4 aliphatic rings. The molecule has 3 fully saturated rings. The van der Waals surface area contributed by atoms with Crippen LogP contribution in [0, 0.1) is 11.3 Å². The van der Waals surface area contributed by atoms with Gasteiger partial charge < -0.3 is 4.90 Å². The third kappa shape index (κ3) is 2.10. The van der Waals surface area contributed by atoms with Crippen LogP contribution in [-0.4, -0.2) is 35.5 Å². The van der Waals surface area contributed by atoms with Gasteiger partial charge in [-0.3, -0.25) is 9.69 Å². The number of nitriles is 1. The lowest BCUT2D eigenvalue weighted by molar-refractivity contribution is -0.121. The standard InChI is InChI=1S/C20H22BrN3O/c21-14-4-5-16-17(10-14)24(18(25)20(16)6-7-20)15-11-19(12-15,13-22)23-8-2-1-3-9-23/h4-5,10,15H,1-3,6-9,11-12H2. The van der Waals surface area contributed by atoms with E-state index in [2.05, 4.69) is 39.0 Å². The number of likely N-dealkylation sites (tertiary alicyclic amines) is 1. The van der Waals surface area contributed by atoms with Crippen molar-refractivity contribution < 1.29 is 4.79 Å². The average molecular weight is 400 g/mol. The fraction of sp³-hybridized carbons (Fsp3) is 0.600. The van der Waals surface area contributed by atoms with Crippen molar-refractivity contribution in [3.05, 3.63) is 28.2 Å². The molecule has 1 amide bonds. The Morgan fingerprint density at radius 2 is 1.88 bits per heavy atom. The highest BCUT2D eigenvalue weighted by atomic mass is 79.9. The van der Waals surface area contributed by atoms with Gasteiger partial charge in [0.05, 0.1) is 11.5 Å². The second-order valence-corrected chi connectivity index (χ2v) is 9.09. The van der Waals surface area contributed by atoms with Gasteiger partial charge in [-0.2, -0.15) is 5.26 Å². The van der Waals surface area contributed by atoms with Crippen molar-refractivity contribution in [3.63, 3.8) is 0 Å². The maximum Gasteiger partial charge on any atom is 0.237 e. The quantitative estimate of drug-likeness (QED) is 0.760. The van der Waals surface area contributed by atoms with Crippen molar-refractivity contribution in [1.82, 2.24) is 4.90 Å². The zero-order valence-corrected chi connectivity index (χ0v) is 15.9. The first-order valence-electron chi connectivity index (χ1n) is 9.40. The molecule has 0 atom stereocenters. The Labute approximate surface area is 156 Å². The number of piperidine rings is 1. The van der Waals surface area contributed by atoms with Gasteiger partial charge in [-0.05, 0) is 56.5 Å². The van der Waals surface area contributed by atoms with Crippen LogP contribution >= 0.6 is 15.9 Å². The van der Waals surface area contributed by atoms with Crippen LogP contribution in [0.15, 0.2) is 22.7 Å². The second-order valence-electron chi connectivity index (χ2n) is 8.17. The molecule has 0 aromatic heterocycles. The Hall–Kier alpha value is -1.38. The minimum absolute atomic E-state index is 0.169. The molecule has 2 aliphatic carbocycles. The number of hydrogen-bond acceptors (Lipinski definition) is 3. The third-order valence-electron chi connectivity index (χ3n) is 6.79. The van der Waals surface area contributed by atoms with E-state index in [0.29, 0.717) is 0 Å². The van der Waals surface area contributed by atoms with Gasteiger partial charge in [-0.15, -0.1) is 0 Å². The number of halogens is 1. The smallest absolute Gasteiger partial charge is 0.237 e. The monoisotopic (exact) mass is 399 g/mol. The summed E-state index contributed by atoms with van der Waals surface area (Å²) >= 11 is 3.56. The Balaban J connectivity index is 1.43. The van der Waals surface area contributed by atoms with E-state index in [0.717, 1.165) is 48.9 Å². The summed E-state index contributed by atoms with van der Waals surface area (Å²) in [6, 6.07) is 9.02. The van der Waals surface area contributed by atoms with Gasteiger partial charge in [0.25, 0.3) is 0 Å². The first kappa shape index (κ1) is 15.8. The summed E-state index contributed by atoms with van der Waals surface area (Å²) < 4.78 is 1.02. The molecule has 1 aromatic carbocycles. The number of nitrogens with zero attached hydrogens (tertiary/aromatic N) is 3. The molecule has 1 saturated heterocycles. The predicted octanol–water partition coefficient (Wildman–Crippen LogP) is 3.74. The number of anilines is 1. The molecule has 5 rings (SSSR count). The maximum absolute atomic E-state index is 13.2. The molecule has 1 spiro atoms. The summed E-state index contributed by atoms with van der Waals surface area (Å²) in [5.74, 6) is 0.274. The van der Waals surface area contributed by atoms with Gasteiger partial charge in [0, 0.05) is 29.0 Å². The van der Waals surface area contributed by atoms with Crippen LogP contribution in [-0.2, 0) is 10.2 Å². The lowest BCUT2D eigenvalue weighted by Crippen LogP contribution is -2.64. The lowest BCUT2D eigenvalue weighted by Gasteiger charge is -2.53. The Morgan fingerprint density at radius 3 is 2.52 bits per heavy atom. The summed E-state index contributed by atoms with van der Waals surface area (Å²) in [4.78, 5) is 17.6. The number of carbonyl (C=O) groups is 1. The van der Waals surface area contributed by atoms with Crippen molar-refractivity contribution in [2.75, 3.05) is 18.0 Å². The molecule has 1 aromatic rings. The van der Waals surface area contributed by atoms with Crippen LogP contribution in [0.25, 0.3) is 0 Å². The normalized spacial score (nSPS) is 33.0. The second kappa shape index (κ2) is 5.31. The van der Waals surface area contributed by atoms with Crippen LogP contribution in [0.1, 0.15) is 50.5 Å². The molecule has 0 radical (unpaired) electrons. The van der Waals surface area contributed by atoms with Crippen molar-refractivity contribution >= 4 is 27.5 Å². The van der Waals surface area contributed by atoms with Gasteiger partial charge in [-0.1, -0.05) is 28.4 Å². The molecule has 25 heavy (non-hydrogen) atoms. The van der Waals surface area contributed by atoms with Crippen LogP contribution < -0.4 is 4.90 Å².